The van der Waals surface area contributed by atoms with E-state index in [2.05, 4.69) is 16.3 Å². The van der Waals surface area contributed by atoms with E-state index in [0.29, 0.717) is 23.7 Å². The summed E-state index contributed by atoms with van der Waals surface area (Å²) in [6.45, 7) is 6.72. The molecule has 0 saturated carbocycles. The van der Waals surface area contributed by atoms with Crippen molar-refractivity contribution in [1.29, 1.82) is 0 Å². The van der Waals surface area contributed by atoms with Gasteiger partial charge in [-0.05, 0) is 62.7 Å². The smallest absolute Gasteiger partial charge is 0.257 e. The number of rotatable bonds is 5. The molecule has 0 atom stereocenters. The maximum atomic E-state index is 13.8. The Morgan fingerprint density at radius 2 is 1.74 bits per heavy atom. The minimum Gasteiger partial charge on any atom is -0.495 e. The standard InChI is InChI=1S/C27H32ClN5O2/c1-19-22(28)6-5-8-23(19)33-26(20-10-12-29-13-11-20)21(18-30-33)27(34)32-16-14-31(15-17-32)24-7-3-4-9-25(24)35-2/h3-9,18,20,29H,10-17H2,1-2H3. The third-order valence-corrected chi connectivity index (χ3v) is 7.63. The molecule has 2 fully saturated rings. The van der Waals surface area contributed by atoms with Gasteiger partial charge in [-0.3, -0.25) is 4.79 Å². The monoisotopic (exact) mass is 493 g/mol. The molecular formula is C27H32ClN5O2. The number of nitrogens with zero attached hydrogens (tertiary/aromatic N) is 4. The fourth-order valence-electron chi connectivity index (χ4n) is 5.24. The second kappa shape index (κ2) is 10.3. The lowest BCUT2D eigenvalue weighted by atomic mass is 9.91. The van der Waals surface area contributed by atoms with Gasteiger partial charge >= 0.3 is 0 Å². The van der Waals surface area contributed by atoms with E-state index in [9.17, 15) is 4.79 Å². The van der Waals surface area contributed by atoms with Gasteiger partial charge in [0.1, 0.15) is 5.75 Å². The van der Waals surface area contributed by atoms with Crippen LogP contribution in [0.5, 0.6) is 5.75 Å². The number of nitrogens with one attached hydrogen (secondary N) is 1. The van der Waals surface area contributed by atoms with Crippen molar-refractivity contribution in [3.8, 4) is 11.4 Å². The molecule has 2 saturated heterocycles. The van der Waals surface area contributed by atoms with E-state index in [1.807, 2.05) is 52.9 Å². The highest BCUT2D eigenvalue weighted by molar-refractivity contribution is 6.31. The van der Waals surface area contributed by atoms with Crippen molar-refractivity contribution in [1.82, 2.24) is 20.0 Å². The number of para-hydroxylation sites is 2. The summed E-state index contributed by atoms with van der Waals surface area (Å²) >= 11 is 6.44. The molecule has 0 aliphatic carbocycles. The van der Waals surface area contributed by atoms with Crippen molar-refractivity contribution in [2.24, 2.45) is 0 Å². The molecule has 184 valence electrons. The number of halogens is 1. The molecule has 0 radical (unpaired) electrons. The van der Waals surface area contributed by atoms with Crippen molar-refractivity contribution < 1.29 is 9.53 Å². The molecule has 1 N–H and O–H groups in total. The van der Waals surface area contributed by atoms with Gasteiger partial charge in [-0.25, -0.2) is 4.68 Å². The Labute approximate surface area is 211 Å². The van der Waals surface area contributed by atoms with Gasteiger partial charge < -0.3 is 19.9 Å². The van der Waals surface area contributed by atoms with Gasteiger partial charge in [0, 0.05) is 37.1 Å². The Morgan fingerprint density at radius 1 is 1.03 bits per heavy atom. The molecule has 0 unspecified atom stereocenters. The molecule has 3 heterocycles. The average Bonchev–Trinajstić information content (AvgIpc) is 3.35. The van der Waals surface area contributed by atoms with Crippen LogP contribution < -0.4 is 15.0 Å². The number of piperidine rings is 1. The highest BCUT2D eigenvalue weighted by atomic mass is 35.5. The van der Waals surface area contributed by atoms with Crippen molar-refractivity contribution in [2.75, 3.05) is 51.3 Å². The molecule has 0 bridgehead atoms. The number of methoxy groups -OCH3 is 1. The minimum atomic E-state index is 0.0594. The predicted molar refractivity (Wildman–Crippen MR) is 139 cm³/mol. The summed E-state index contributed by atoms with van der Waals surface area (Å²) in [5.74, 6) is 1.19. The molecule has 1 aromatic heterocycles. The molecule has 35 heavy (non-hydrogen) atoms. The van der Waals surface area contributed by atoms with Gasteiger partial charge in [0.05, 0.1) is 35.9 Å². The number of hydrogen-bond acceptors (Lipinski definition) is 5. The van der Waals surface area contributed by atoms with E-state index in [1.165, 1.54) is 0 Å². The summed E-state index contributed by atoms with van der Waals surface area (Å²) in [6.07, 6.45) is 3.72. The van der Waals surface area contributed by atoms with Crippen molar-refractivity contribution >= 4 is 23.2 Å². The molecule has 2 aliphatic heterocycles. The number of ether oxygens (including phenoxy) is 1. The molecule has 2 aliphatic rings. The topological polar surface area (TPSA) is 62.6 Å². The van der Waals surface area contributed by atoms with E-state index in [0.717, 1.165) is 67.4 Å². The Kier molecular flexibility index (Phi) is 6.97. The number of carbonyl (C=O) groups is 1. The van der Waals surface area contributed by atoms with Crippen molar-refractivity contribution in [3.05, 3.63) is 70.5 Å². The van der Waals surface area contributed by atoms with E-state index >= 15 is 0 Å². The number of amides is 1. The van der Waals surface area contributed by atoms with Crippen LogP contribution in [-0.2, 0) is 0 Å². The highest BCUT2D eigenvalue weighted by Gasteiger charge is 2.31. The summed E-state index contributed by atoms with van der Waals surface area (Å²) in [7, 11) is 1.69. The molecule has 5 rings (SSSR count). The SMILES string of the molecule is COc1ccccc1N1CCN(C(=O)c2cnn(-c3cccc(Cl)c3C)c2C2CCNCC2)CC1. The van der Waals surface area contributed by atoms with Crippen LogP contribution in [0.4, 0.5) is 5.69 Å². The Hall–Kier alpha value is -3.03. The van der Waals surface area contributed by atoms with Crippen LogP contribution in [0, 0.1) is 6.92 Å². The first-order chi connectivity index (χ1) is 17.1. The van der Waals surface area contributed by atoms with Crippen LogP contribution in [0.2, 0.25) is 5.02 Å². The van der Waals surface area contributed by atoms with Gasteiger partial charge in [0.2, 0.25) is 0 Å². The maximum Gasteiger partial charge on any atom is 0.257 e. The first kappa shape index (κ1) is 23.7. The third-order valence-electron chi connectivity index (χ3n) is 7.22. The molecule has 1 amide bonds. The number of anilines is 1. The molecule has 7 nitrogen and oxygen atoms in total. The first-order valence-corrected chi connectivity index (χ1v) is 12.7. The summed E-state index contributed by atoms with van der Waals surface area (Å²) in [5.41, 5.74) is 4.70. The lowest BCUT2D eigenvalue weighted by molar-refractivity contribution is 0.0744. The summed E-state index contributed by atoms with van der Waals surface area (Å²) in [4.78, 5) is 18.1. The first-order valence-electron chi connectivity index (χ1n) is 12.3. The zero-order chi connectivity index (χ0) is 24.4. The van der Waals surface area contributed by atoms with Gasteiger partial charge in [-0.15, -0.1) is 0 Å². The zero-order valence-electron chi connectivity index (χ0n) is 20.3. The molecule has 8 heteroatoms. The normalized spacial score (nSPS) is 17.0. The molecule has 0 spiro atoms. The fourth-order valence-corrected chi connectivity index (χ4v) is 5.41. The van der Waals surface area contributed by atoms with E-state index < -0.39 is 0 Å². The Balaban J connectivity index is 1.42. The number of aromatic nitrogens is 2. The van der Waals surface area contributed by atoms with E-state index in [1.54, 1.807) is 13.3 Å². The largest absolute Gasteiger partial charge is 0.495 e. The van der Waals surface area contributed by atoms with Crippen LogP contribution in [0.3, 0.4) is 0 Å². The van der Waals surface area contributed by atoms with Crippen LogP contribution in [0.1, 0.15) is 40.4 Å². The number of piperazine rings is 1. The zero-order valence-corrected chi connectivity index (χ0v) is 21.1. The minimum absolute atomic E-state index is 0.0594. The summed E-state index contributed by atoms with van der Waals surface area (Å²) < 4.78 is 7.49. The Bertz CT molecular complexity index is 1200. The van der Waals surface area contributed by atoms with Crippen molar-refractivity contribution in [3.63, 3.8) is 0 Å². The second-order valence-corrected chi connectivity index (χ2v) is 9.62. The van der Waals surface area contributed by atoms with Gasteiger partial charge in [0.15, 0.2) is 0 Å². The van der Waals surface area contributed by atoms with Gasteiger partial charge in [0.25, 0.3) is 5.91 Å². The van der Waals surface area contributed by atoms with Crippen LogP contribution in [0.15, 0.2) is 48.7 Å². The Morgan fingerprint density at radius 3 is 2.49 bits per heavy atom. The summed E-state index contributed by atoms with van der Waals surface area (Å²) in [6, 6.07) is 13.9. The van der Waals surface area contributed by atoms with Crippen molar-refractivity contribution in [2.45, 2.75) is 25.7 Å². The molecular weight excluding hydrogens is 462 g/mol. The van der Waals surface area contributed by atoms with Gasteiger partial charge in [-0.2, -0.15) is 5.10 Å². The molecule has 3 aromatic rings. The maximum absolute atomic E-state index is 13.8. The van der Waals surface area contributed by atoms with Crippen LogP contribution in [0.25, 0.3) is 5.69 Å². The van der Waals surface area contributed by atoms with Crippen LogP contribution in [-0.4, -0.2) is 67.0 Å². The fraction of sp³-hybridized carbons (Fsp3) is 0.407. The van der Waals surface area contributed by atoms with Crippen LogP contribution >= 0.6 is 11.6 Å². The van der Waals surface area contributed by atoms with E-state index in [-0.39, 0.29) is 11.8 Å². The quantitative estimate of drug-likeness (QED) is 0.575. The van der Waals surface area contributed by atoms with E-state index in [4.69, 9.17) is 21.4 Å². The number of hydrogen-bond donors (Lipinski definition) is 1. The summed E-state index contributed by atoms with van der Waals surface area (Å²) in [5, 5.41) is 8.87. The third kappa shape index (κ3) is 4.62. The molecule has 2 aromatic carbocycles. The second-order valence-electron chi connectivity index (χ2n) is 9.21. The average molecular weight is 494 g/mol. The lowest BCUT2D eigenvalue weighted by Crippen LogP contribution is -2.49. The number of benzene rings is 2. The number of carbonyl (C=O) groups excluding carboxylic acids is 1. The van der Waals surface area contributed by atoms with Gasteiger partial charge in [-0.1, -0.05) is 29.8 Å². The lowest BCUT2D eigenvalue weighted by Gasteiger charge is -2.37. The predicted octanol–water partition coefficient (Wildman–Crippen LogP) is 4.27. The highest BCUT2D eigenvalue weighted by Crippen LogP contribution is 2.34.